The molecule has 0 amide bonds. The van der Waals surface area contributed by atoms with Gasteiger partial charge in [0.1, 0.15) is 5.75 Å². The smallest absolute Gasteiger partial charge is 0.128 e. The number of hydrogen-bond donors (Lipinski definition) is 1. The fraction of sp³-hybridized carbons (Fsp3) is 0.667. The minimum atomic E-state index is 0.651. The maximum absolute atomic E-state index is 5.45. The van der Waals surface area contributed by atoms with Crippen LogP contribution in [-0.2, 0) is 6.42 Å². The van der Waals surface area contributed by atoms with E-state index in [0.29, 0.717) is 6.04 Å². The zero-order valence-electron chi connectivity index (χ0n) is 11.9. The summed E-state index contributed by atoms with van der Waals surface area (Å²) in [5, 5.41) is 3.43. The van der Waals surface area contributed by atoms with Gasteiger partial charge in [-0.1, -0.05) is 0 Å². The Kier molecular flexibility index (Phi) is 4.23. The highest BCUT2D eigenvalue weighted by atomic mass is 16.5. The molecule has 2 rings (SSSR count). The van der Waals surface area contributed by atoms with E-state index in [1.165, 1.54) is 30.5 Å². The van der Waals surface area contributed by atoms with E-state index < -0.39 is 0 Å². The van der Waals surface area contributed by atoms with Gasteiger partial charge in [0.25, 0.3) is 0 Å². The molecule has 3 heteroatoms. The van der Waals surface area contributed by atoms with E-state index in [0.717, 1.165) is 23.7 Å². The van der Waals surface area contributed by atoms with E-state index >= 15 is 0 Å². The van der Waals surface area contributed by atoms with Gasteiger partial charge >= 0.3 is 0 Å². The van der Waals surface area contributed by atoms with E-state index in [1.807, 2.05) is 13.1 Å². The Labute approximate surface area is 110 Å². The maximum Gasteiger partial charge on any atom is 0.128 e. The van der Waals surface area contributed by atoms with Crippen molar-refractivity contribution in [1.29, 1.82) is 0 Å². The molecule has 0 bridgehead atoms. The minimum Gasteiger partial charge on any atom is -0.496 e. The van der Waals surface area contributed by atoms with Crippen LogP contribution in [0.2, 0.25) is 0 Å². The first-order chi connectivity index (χ1) is 8.67. The van der Waals surface area contributed by atoms with Crippen molar-refractivity contribution in [2.75, 3.05) is 14.2 Å². The molecule has 1 unspecified atom stereocenters. The van der Waals surface area contributed by atoms with Gasteiger partial charge in [-0.05, 0) is 52.5 Å². The standard InChI is InChI=1S/C15H24N2O/c1-10-9-17-13(11(2)15(10)18-4)7-8-14(16-3)12-5-6-12/h9,12,14,16H,5-8H2,1-4H3. The summed E-state index contributed by atoms with van der Waals surface area (Å²) < 4.78 is 5.45. The molecule has 0 aliphatic heterocycles. The van der Waals surface area contributed by atoms with Gasteiger partial charge in [-0.15, -0.1) is 0 Å². The fourth-order valence-electron chi connectivity index (χ4n) is 2.73. The van der Waals surface area contributed by atoms with Crippen molar-refractivity contribution in [3.05, 3.63) is 23.0 Å². The molecule has 0 radical (unpaired) electrons. The Bertz CT molecular complexity index is 413. The number of ether oxygens (including phenoxy) is 1. The number of nitrogens with one attached hydrogen (secondary N) is 1. The topological polar surface area (TPSA) is 34.2 Å². The predicted molar refractivity (Wildman–Crippen MR) is 74.2 cm³/mol. The number of aromatic nitrogens is 1. The summed E-state index contributed by atoms with van der Waals surface area (Å²) in [5.74, 6) is 1.88. The third-order valence-electron chi connectivity index (χ3n) is 4.00. The Morgan fingerprint density at radius 2 is 2.17 bits per heavy atom. The van der Waals surface area contributed by atoms with Crippen molar-refractivity contribution in [3.8, 4) is 5.75 Å². The summed E-state index contributed by atoms with van der Waals surface area (Å²) in [6.07, 6.45) is 6.89. The van der Waals surface area contributed by atoms with E-state index in [-0.39, 0.29) is 0 Å². The average molecular weight is 248 g/mol. The molecule has 100 valence electrons. The molecular weight excluding hydrogens is 224 g/mol. The average Bonchev–Trinajstić information content (AvgIpc) is 3.17. The molecular formula is C15H24N2O. The zero-order chi connectivity index (χ0) is 13.1. The number of hydrogen-bond acceptors (Lipinski definition) is 3. The van der Waals surface area contributed by atoms with Crippen LogP contribution in [0, 0.1) is 19.8 Å². The fourth-order valence-corrected chi connectivity index (χ4v) is 2.73. The van der Waals surface area contributed by atoms with Gasteiger partial charge in [0.15, 0.2) is 0 Å². The second-order valence-corrected chi connectivity index (χ2v) is 5.32. The number of rotatable bonds is 6. The first-order valence-corrected chi connectivity index (χ1v) is 6.83. The molecule has 1 aliphatic rings. The summed E-state index contributed by atoms with van der Waals surface area (Å²) in [6, 6.07) is 0.651. The Morgan fingerprint density at radius 1 is 1.44 bits per heavy atom. The second kappa shape index (κ2) is 5.70. The van der Waals surface area contributed by atoms with Crippen LogP contribution in [0.4, 0.5) is 0 Å². The Balaban J connectivity index is 2.04. The number of aryl methyl sites for hydroxylation is 2. The van der Waals surface area contributed by atoms with Gasteiger partial charge < -0.3 is 10.1 Å². The number of pyridine rings is 1. The van der Waals surface area contributed by atoms with Crippen LogP contribution in [0.1, 0.15) is 36.1 Å². The van der Waals surface area contributed by atoms with Crippen LogP contribution < -0.4 is 10.1 Å². The van der Waals surface area contributed by atoms with Gasteiger partial charge in [-0.25, -0.2) is 0 Å². The number of methoxy groups -OCH3 is 1. The molecule has 1 aliphatic carbocycles. The first kappa shape index (κ1) is 13.3. The predicted octanol–water partition coefficient (Wildman–Crippen LogP) is 2.64. The molecule has 1 aromatic rings. The van der Waals surface area contributed by atoms with Gasteiger partial charge in [0.05, 0.1) is 7.11 Å². The summed E-state index contributed by atoms with van der Waals surface area (Å²) in [7, 11) is 3.80. The Morgan fingerprint density at radius 3 is 2.72 bits per heavy atom. The van der Waals surface area contributed by atoms with Crippen LogP contribution in [0.25, 0.3) is 0 Å². The van der Waals surface area contributed by atoms with Gasteiger partial charge in [0.2, 0.25) is 0 Å². The normalized spacial score (nSPS) is 16.7. The van der Waals surface area contributed by atoms with Crippen molar-refractivity contribution in [2.24, 2.45) is 5.92 Å². The molecule has 3 nitrogen and oxygen atoms in total. The minimum absolute atomic E-state index is 0.651. The van der Waals surface area contributed by atoms with Crippen LogP contribution in [0.3, 0.4) is 0 Å². The summed E-state index contributed by atoms with van der Waals surface area (Å²) in [4.78, 5) is 4.56. The lowest BCUT2D eigenvalue weighted by Crippen LogP contribution is -2.28. The van der Waals surface area contributed by atoms with Crippen molar-refractivity contribution >= 4 is 0 Å². The Hall–Kier alpha value is -1.09. The SMILES string of the molecule is CNC(CCc1ncc(C)c(OC)c1C)C1CC1. The summed E-state index contributed by atoms with van der Waals surface area (Å²) in [5.41, 5.74) is 3.49. The molecule has 1 saturated carbocycles. The van der Waals surface area contributed by atoms with Gasteiger partial charge in [-0.3, -0.25) is 4.98 Å². The first-order valence-electron chi connectivity index (χ1n) is 6.83. The van der Waals surface area contributed by atoms with Crippen molar-refractivity contribution in [2.45, 2.75) is 45.6 Å². The van der Waals surface area contributed by atoms with Crippen molar-refractivity contribution in [1.82, 2.24) is 10.3 Å². The lowest BCUT2D eigenvalue weighted by atomic mass is 10.0. The molecule has 1 fully saturated rings. The van der Waals surface area contributed by atoms with E-state index in [9.17, 15) is 0 Å². The quantitative estimate of drug-likeness (QED) is 0.840. The van der Waals surface area contributed by atoms with Crippen LogP contribution in [-0.4, -0.2) is 25.2 Å². The highest BCUT2D eigenvalue weighted by Gasteiger charge is 2.29. The van der Waals surface area contributed by atoms with E-state index in [4.69, 9.17) is 4.74 Å². The number of nitrogens with zero attached hydrogens (tertiary/aromatic N) is 1. The molecule has 1 aromatic heterocycles. The zero-order valence-corrected chi connectivity index (χ0v) is 11.9. The van der Waals surface area contributed by atoms with Crippen molar-refractivity contribution < 1.29 is 4.74 Å². The van der Waals surface area contributed by atoms with Crippen LogP contribution in [0.5, 0.6) is 5.75 Å². The van der Waals surface area contributed by atoms with Gasteiger partial charge in [-0.2, -0.15) is 0 Å². The molecule has 0 aromatic carbocycles. The third-order valence-corrected chi connectivity index (χ3v) is 4.00. The lowest BCUT2D eigenvalue weighted by molar-refractivity contribution is 0.406. The molecule has 1 heterocycles. The van der Waals surface area contributed by atoms with Crippen LogP contribution in [0.15, 0.2) is 6.20 Å². The molecule has 1 N–H and O–H groups in total. The molecule has 1 atom stereocenters. The third kappa shape index (κ3) is 2.83. The molecule has 18 heavy (non-hydrogen) atoms. The highest BCUT2D eigenvalue weighted by molar-refractivity contribution is 5.41. The second-order valence-electron chi connectivity index (χ2n) is 5.32. The maximum atomic E-state index is 5.45. The van der Waals surface area contributed by atoms with E-state index in [1.54, 1.807) is 7.11 Å². The molecule has 0 spiro atoms. The highest BCUT2D eigenvalue weighted by Crippen LogP contribution is 2.34. The molecule has 0 saturated heterocycles. The monoisotopic (exact) mass is 248 g/mol. The largest absolute Gasteiger partial charge is 0.496 e. The summed E-state index contributed by atoms with van der Waals surface area (Å²) in [6.45, 7) is 4.16. The van der Waals surface area contributed by atoms with Gasteiger partial charge in [0, 0.05) is 29.1 Å². The summed E-state index contributed by atoms with van der Waals surface area (Å²) >= 11 is 0. The van der Waals surface area contributed by atoms with Crippen LogP contribution >= 0.6 is 0 Å². The van der Waals surface area contributed by atoms with Crippen molar-refractivity contribution in [3.63, 3.8) is 0 Å². The van der Waals surface area contributed by atoms with E-state index in [2.05, 4.69) is 24.3 Å². The lowest BCUT2D eigenvalue weighted by Gasteiger charge is -2.17.